The predicted octanol–water partition coefficient (Wildman–Crippen LogP) is 0.0371. The largest absolute Gasteiger partial charge is 0.390 e. The summed E-state index contributed by atoms with van der Waals surface area (Å²) in [4.78, 5) is 2.32. The van der Waals surface area contributed by atoms with Crippen molar-refractivity contribution in [3.63, 3.8) is 0 Å². The molecular formula is C9H16N4O. The van der Waals surface area contributed by atoms with Gasteiger partial charge in [0.2, 0.25) is 0 Å². The summed E-state index contributed by atoms with van der Waals surface area (Å²) in [5.74, 6) is 0. The first-order valence-corrected chi connectivity index (χ1v) is 4.99. The zero-order chi connectivity index (χ0) is 9.97. The van der Waals surface area contributed by atoms with Crippen LogP contribution in [0.25, 0.3) is 0 Å². The van der Waals surface area contributed by atoms with Crippen molar-refractivity contribution in [3.8, 4) is 0 Å². The molecule has 0 aliphatic carbocycles. The number of aliphatic hydroxyl groups is 1. The zero-order valence-corrected chi connectivity index (χ0v) is 8.43. The molecule has 5 nitrogen and oxygen atoms in total. The lowest BCUT2D eigenvalue weighted by Crippen LogP contribution is -2.31. The first kappa shape index (κ1) is 9.61. The van der Waals surface area contributed by atoms with Gasteiger partial charge in [0.15, 0.2) is 0 Å². The summed E-state index contributed by atoms with van der Waals surface area (Å²) < 4.78 is 1.89. The molecule has 1 aromatic rings. The molecular weight excluding hydrogens is 180 g/mol. The Balaban J connectivity index is 2.01. The number of rotatable bonds is 2. The fourth-order valence-corrected chi connectivity index (χ4v) is 1.82. The summed E-state index contributed by atoms with van der Waals surface area (Å²) in [6, 6.07) is 0.457. The third kappa shape index (κ3) is 1.93. The zero-order valence-electron chi connectivity index (χ0n) is 8.43. The van der Waals surface area contributed by atoms with Crippen LogP contribution < -0.4 is 0 Å². The lowest BCUT2D eigenvalue weighted by atomic mass is 10.1. The molecule has 0 aromatic carbocycles. The van der Waals surface area contributed by atoms with Gasteiger partial charge in [-0.25, -0.2) is 4.68 Å². The van der Waals surface area contributed by atoms with E-state index in [0.29, 0.717) is 11.7 Å². The second-order valence-electron chi connectivity index (χ2n) is 3.88. The highest BCUT2D eigenvalue weighted by Crippen LogP contribution is 2.20. The minimum atomic E-state index is -0.0212. The molecule has 1 aliphatic heterocycles. The van der Waals surface area contributed by atoms with Crippen LogP contribution in [0.15, 0.2) is 6.20 Å². The standard InChI is InChI=1S/C9H16N4O/c1-12-4-2-9(3-5-12)13-6-8(7-14)10-11-13/h6,9,14H,2-5,7H2,1H3. The fraction of sp³-hybridized carbons (Fsp3) is 0.778. The summed E-state index contributed by atoms with van der Waals surface area (Å²) in [7, 11) is 2.14. The van der Waals surface area contributed by atoms with Gasteiger partial charge in [-0.15, -0.1) is 5.10 Å². The molecule has 1 fully saturated rings. The first-order valence-electron chi connectivity index (χ1n) is 4.99. The van der Waals surface area contributed by atoms with Crippen molar-refractivity contribution in [2.24, 2.45) is 0 Å². The maximum atomic E-state index is 8.87. The topological polar surface area (TPSA) is 54.2 Å². The quantitative estimate of drug-likeness (QED) is 0.725. The molecule has 2 rings (SSSR count). The van der Waals surface area contributed by atoms with Crippen LogP contribution in [-0.2, 0) is 6.61 Å². The van der Waals surface area contributed by atoms with Crippen LogP contribution in [0.1, 0.15) is 24.6 Å². The molecule has 0 saturated carbocycles. The minimum absolute atomic E-state index is 0.0212. The molecule has 0 unspecified atom stereocenters. The first-order chi connectivity index (χ1) is 6.79. The van der Waals surface area contributed by atoms with Gasteiger partial charge in [-0.05, 0) is 33.0 Å². The van der Waals surface area contributed by atoms with Crippen molar-refractivity contribution in [1.82, 2.24) is 19.9 Å². The lowest BCUT2D eigenvalue weighted by Gasteiger charge is -2.28. The van der Waals surface area contributed by atoms with Gasteiger partial charge in [-0.3, -0.25) is 0 Å². The van der Waals surface area contributed by atoms with E-state index in [4.69, 9.17) is 5.11 Å². The van der Waals surface area contributed by atoms with Crippen molar-refractivity contribution in [1.29, 1.82) is 0 Å². The number of nitrogens with zero attached hydrogens (tertiary/aromatic N) is 4. The van der Waals surface area contributed by atoms with Gasteiger partial charge in [0.25, 0.3) is 0 Å². The predicted molar refractivity (Wildman–Crippen MR) is 51.7 cm³/mol. The van der Waals surface area contributed by atoms with Gasteiger partial charge >= 0.3 is 0 Å². The van der Waals surface area contributed by atoms with E-state index in [1.54, 1.807) is 0 Å². The fourth-order valence-electron chi connectivity index (χ4n) is 1.82. The Morgan fingerprint density at radius 1 is 1.50 bits per heavy atom. The molecule has 1 aromatic heterocycles. The van der Waals surface area contributed by atoms with Crippen LogP contribution in [0.5, 0.6) is 0 Å². The number of aromatic nitrogens is 3. The van der Waals surface area contributed by atoms with E-state index >= 15 is 0 Å². The van der Waals surface area contributed by atoms with E-state index in [-0.39, 0.29) is 6.61 Å². The number of likely N-dealkylation sites (tertiary alicyclic amines) is 1. The highest BCUT2D eigenvalue weighted by atomic mass is 16.3. The van der Waals surface area contributed by atoms with E-state index in [2.05, 4.69) is 22.3 Å². The average molecular weight is 196 g/mol. The number of aliphatic hydroxyl groups excluding tert-OH is 1. The Kier molecular flexibility index (Phi) is 2.79. The summed E-state index contributed by atoms with van der Waals surface area (Å²) in [6.07, 6.45) is 4.07. The van der Waals surface area contributed by atoms with E-state index in [1.165, 1.54) is 0 Å². The Bertz CT molecular complexity index is 291. The summed E-state index contributed by atoms with van der Waals surface area (Å²) in [5, 5.41) is 16.8. The molecule has 0 spiro atoms. The highest BCUT2D eigenvalue weighted by Gasteiger charge is 2.19. The maximum Gasteiger partial charge on any atom is 0.108 e. The second-order valence-corrected chi connectivity index (χ2v) is 3.88. The van der Waals surface area contributed by atoms with Gasteiger partial charge in [-0.1, -0.05) is 5.21 Å². The number of hydrogen-bond donors (Lipinski definition) is 1. The summed E-state index contributed by atoms with van der Waals surface area (Å²) in [5.41, 5.74) is 0.656. The molecule has 0 atom stereocenters. The Hall–Kier alpha value is -0.940. The lowest BCUT2D eigenvalue weighted by molar-refractivity contribution is 0.210. The van der Waals surface area contributed by atoms with Gasteiger partial charge in [0.1, 0.15) is 5.69 Å². The van der Waals surface area contributed by atoms with Gasteiger partial charge in [0.05, 0.1) is 18.8 Å². The van der Waals surface area contributed by atoms with Crippen LogP contribution in [-0.4, -0.2) is 45.1 Å². The minimum Gasteiger partial charge on any atom is -0.390 e. The molecule has 1 saturated heterocycles. The van der Waals surface area contributed by atoms with Crippen molar-refractivity contribution >= 4 is 0 Å². The monoisotopic (exact) mass is 196 g/mol. The van der Waals surface area contributed by atoms with E-state index < -0.39 is 0 Å². The van der Waals surface area contributed by atoms with E-state index in [9.17, 15) is 0 Å². The molecule has 14 heavy (non-hydrogen) atoms. The molecule has 0 radical (unpaired) electrons. The van der Waals surface area contributed by atoms with Crippen LogP contribution in [0.3, 0.4) is 0 Å². The normalized spacial score (nSPS) is 20.1. The Morgan fingerprint density at radius 3 is 2.79 bits per heavy atom. The maximum absolute atomic E-state index is 8.87. The van der Waals surface area contributed by atoms with Crippen molar-refractivity contribution in [2.45, 2.75) is 25.5 Å². The van der Waals surface area contributed by atoms with Gasteiger partial charge < -0.3 is 10.0 Å². The van der Waals surface area contributed by atoms with Crippen LogP contribution >= 0.6 is 0 Å². The second kappa shape index (κ2) is 4.06. The number of piperidine rings is 1. The van der Waals surface area contributed by atoms with Gasteiger partial charge in [0, 0.05) is 0 Å². The van der Waals surface area contributed by atoms with Crippen molar-refractivity contribution in [3.05, 3.63) is 11.9 Å². The third-order valence-electron chi connectivity index (χ3n) is 2.78. The SMILES string of the molecule is CN1CCC(n2cc(CO)nn2)CC1. The van der Waals surface area contributed by atoms with Crippen molar-refractivity contribution in [2.75, 3.05) is 20.1 Å². The molecule has 1 N–H and O–H groups in total. The highest BCUT2D eigenvalue weighted by molar-refractivity contribution is 4.91. The molecule has 0 amide bonds. The third-order valence-corrected chi connectivity index (χ3v) is 2.78. The summed E-state index contributed by atoms with van der Waals surface area (Å²) in [6.45, 7) is 2.20. The summed E-state index contributed by atoms with van der Waals surface area (Å²) >= 11 is 0. The van der Waals surface area contributed by atoms with Crippen LogP contribution in [0, 0.1) is 0 Å². The van der Waals surface area contributed by atoms with E-state index in [1.807, 2.05) is 10.9 Å². The molecule has 5 heteroatoms. The average Bonchev–Trinajstić information content (AvgIpc) is 2.67. The Morgan fingerprint density at radius 2 is 2.21 bits per heavy atom. The van der Waals surface area contributed by atoms with Crippen LogP contribution in [0.2, 0.25) is 0 Å². The molecule has 1 aliphatic rings. The Labute approximate surface area is 83.3 Å². The van der Waals surface area contributed by atoms with Crippen LogP contribution in [0.4, 0.5) is 0 Å². The molecule has 78 valence electrons. The number of hydrogen-bond acceptors (Lipinski definition) is 4. The van der Waals surface area contributed by atoms with E-state index in [0.717, 1.165) is 25.9 Å². The smallest absolute Gasteiger partial charge is 0.108 e. The van der Waals surface area contributed by atoms with Gasteiger partial charge in [-0.2, -0.15) is 0 Å². The van der Waals surface area contributed by atoms with Crippen molar-refractivity contribution < 1.29 is 5.11 Å². The molecule has 2 heterocycles. The molecule has 0 bridgehead atoms.